The molecule has 166 valence electrons. The van der Waals surface area contributed by atoms with Gasteiger partial charge in [-0.15, -0.1) is 0 Å². The summed E-state index contributed by atoms with van der Waals surface area (Å²) in [6, 6.07) is 3.41. The molecule has 4 heterocycles. The largest absolute Gasteiger partial charge is 0.381 e. The fraction of sp³-hybridized carbons (Fsp3) is 0.545. The van der Waals surface area contributed by atoms with E-state index in [1.165, 1.54) is 0 Å². The van der Waals surface area contributed by atoms with Crippen molar-refractivity contribution >= 4 is 33.3 Å². The highest BCUT2D eigenvalue weighted by atomic mass is 79.9. The maximum absolute atomic E-state index is 13.6. The zero-order valence-electron chi connectivity index (χ0n) is 17.4. The maximum atomic E-state index is 13.6. The Morgan fingerprint density at radius 2 is 2.13 bits per heavy atom. The van der Waals surface area contributed by atoms with E-state index in [0.717, 1.165) is 54.5 Å². The van der Waals surface area contributed by atoms with Crippen LogP contribution in [0.1, 0.15) is 54.8 Å². The molecule has 0 N–H and O–H groups in total. The van der Waals surface area contributed by atoms with Crippen molar-refractivity contribution in [1.82, 2.24) is 14.5 Å². The van der Waals surface area contributed by atoms with Crippen LogP contribution in [0.3, 0.4) is 0 Å². The highest BCUT2D eigenvalue weighted by molar-refractivity contribution is 9.10. The molecule has 1 saturated heterocycles. The number of hydrogen-bond donors (Lipinski definition) is 0. The molecule has 9 heteroatoms. The molecule has 0 aliphatic carbocycles. The van der Waals surface area contributed by atoms with E-state index in [0.29, 0.717) is 37.3 Å². The van der Waals surface area contributed by atoms with Crippen molar-refractivity contribution < 1.29 is 18.3 Å². The van der Waals surface area contributed by atoms with Gasteiger partial charge in [0.05, 0.1) is 18.8 Å². The molecular formula is C22H25BrF2N4O2. The lowest BCUT2D eigenvalue weighted by molar-refractivity contribution is -0.130. The van der Waals surface area contributed by atoms with Crippen molar-refractivity contribution in [3.8, 4) is 0 Å². The van der Waals surface area contributed by atoms with Crippen molar-refractivity contribution in [2.24, 2.45) is 0 Å². The first-order chi connectivity index (χ1) is 14.9. The molecule has 1 fully saturated rings. The molecule has 1 amide bonds. The summed E-state index contributed by atoms with van der Waals surface area (Å²) in [4.78, 5) is 21.0. The van der Waals surface area contributed by atoms with E-state index in [1.54, 1.807) is 13.0 Å². The van der Waals surface area contributed by atoms with Gasteiger partial charge in [-0.3, -0.25) is 4.79 Å². The Kier molecular flexibility index (Phi) is 5.50. The number of halogens is 3. The van der Waals surface area contributed by atoms with E-state index in [-0.39, 0.29) is 17.4 Å². The Labute approximate surface area is 188 Å². The third-order valence-corrected chi connectivity index (χ3v) is 7.25. The van der Waals surface area contributed by atoms with E-state index >= 15 is 0 Å². The number of fused-ring (bicyclic) bond motifs is 2. The number of alkyl halides is 2. The minimum atomic E-state index is -2.56. The second kappa shape index (κ2) is 8.16. The van der Waals surface area contributed by atoms with Gasteiger partial charge in [0.15, 0.2) is 5.82 Å². The molecule has 0 spiro atoms. The van der Waals surface area contributed by atoms with Crippen LogP contribution in [0, 0.1) is 0 Å². The SMILES string of the molecule is CC(=O)N1CCn2c(C3CCOC3)nc(N3CCCc4cc(Br)c(C(F)F)cc43)c2C1. The van der Waals surface area contributed by atoms with E-state index in [9.17, 15) is 13.6 Å². The Hall–Kier alpha value is -2.00. The Morgan fingerprint density at radius 1 is 1.29 bits per heavy atom. The molecule has 3 aliphatic heterocycles. The molecule has 0 bridgehead atoms. The van der Waals surface area contributed by atoms with Crippen LogP contribution in [-0.2, 0) is 29.0 Å². The molecule has 1 aromatic heterocycles. The predicted molar refractivity (Wildman–Crippen MR) is 116 cm³/mol. The van der Waals surface area contributed by atoms with Gasteiger partial charge in [0.2, 0.25) is 5.91 Å². The monoisotopic (exact) mass is 494 g/mol. The van der Waals surface area contributed by atoms with Crippen molar-refractivity contribution in [3.63, 3.8) is 0 Å². The van der Waals surface area contributed by atoms with Gasteiger partial charge >= 0.3 is 0 Å². The summed E-state index contributed by atoms with van der Waals surface area (Å²) in [5.74, 6) is 2.04. The number of carbonyl (C=O) groups is 1. The summed E-state index contributed by atoms with van der Waals surface area (Å²) in [6.07, 6.45) is 0.120. The Bertz CT molecular complexity index is 1020. The zero-order valence-corrected chi connectivity index (χ0v) is 19.0. The van der Waals surface area contributed by atoms with E-state index < -0.39 is 6.43 Å². The van der Waals surface area contributed by atoms with Crippen LogP contribution in [0.15, 0.2) is 16.6 Å². The number of amides is 1. The van der Waals surface area contributed by atoms with Crippen molar-refractivity contribution in [1.29, 1.82) is 0 Å². The number of anilines is 2. The first-order valence-electron chi connectivity index (χ1n) is 10.7. The number of carbonyl (C=O) groups excluding carboxylic acids is 1. The number of nitrogens with zero attached hydrogens (tertiary/aromatic N) is 4. The second-order valence-electron chi connectivity index (χ2n) is 8.45. The minimum absolute atomic E-state index is 0.00601. The van der Waals surface area contributed by atoms with Crippen LogP contribution >= 0.6 is 15.9 Å². The van der Waals surface area contributed by atoms with Crippen LogP contribution in [0.4, 0.5) is 20.3 Å². The minimum Gasteiger partial charge on any atom is -0.381 e. The highest BCUT2D eigenvalue weighted by Gasteiger charge is 2.34. The number of benzene rings is 1. The average molecular weight is 495 g/mol. The summed E-state index contributed by atoms with van der Waals surface area (Å²) in [5.41, 5.74) is 2.81. The molecule has 0 radical (unpaired) electrons. The van der Waals surface area contributed by atoms with Gasteiger partial charge in [-0.25, -0.2) is 13.8 Å². The van der Waals surface area contributed by atoms with Crippen LogP contribution < -0.4 is 4.90 Å². The highest BCUT2D eigenvalue weighted by Crippen LogP contribution is 2.42. The fourth-order valence-electron chi connectivity index (χ4n) is 4.92. The molecule has 3 aliphatic rings. The third kappa shape index (κ3) is 3.65. The molecule has 31 heavy (non-hydrogen) atoms. The topological polar surface area (TPSA) is 50.6 Å². The standard InChI is InChI=1S/C22H25BrF2N4O2/c1-13(30)27-6-7-29-19(11-27)22(26-21(29)15-4-8-31-12-15)28-5-2-3-14-9-17(23)16(20(24)25)10-18(14)28/h9-10,15,20H,2-8,11-12H2,1H3. The zero-order chi connectivity index (χ0) is 21.7. The van der Waals surface area contributed by atoms with E-state index in [2.05, 4.69) is 25.4 Å². The van der Waals surface area contributed by atoms with Crippen LogP contribution in [0.5, 0.6) is 0 Å². The van der Waals surface area contributed by atoms with Gasteiger partial charge in [-0.05, 0) is 37.0 Å². The van der Waals surface area contributed by atoms with Crippen LogP contribution in [0.25, 0.3) is 0 Å². The summed E-state index contributed by atoms with van der Waals surface area (Å²) in [5, 5.41) is 0. The van der Waals surface area contributed by atoms with Crippen molar-refractivity contribution in [2.45, 2.75) is 51.6 Å². The fourth-order valence-corrected chi connectivity index (χ4v) is 5.48. The molecule has 5 rings (SSSR count). The van der Waals surface area contributed by atoms with Gasteiger partial charge in [0, 0.05) is 54.8 Å². The smallest absolute Gasteiger partial charge is 0.265 e. The third-order valence-electron chi connectivity index (χ3n) is 6.56. The van der Waals surface area contributed by atoms with E-state index in [1.807, 2.05) is 11.0 Å². The van der Waals surface area contributed by atoms with Gasteiger partial charge in [0.25, 0.3) is 6.43 Å². The second-order valence-corrected chi connectivity index (χ2v) is 9.31. The number of aromatic nitrogens is 2. The number of aryl methyl sites for hydroxylation is 1. The first-order valence-corrected chi connectivity index (χ1v) is 11.5. The van der Waals surface area contributed by atoms with Gasteiger partial charge in [-0.2, -0.15) is 0 Å². The van der Waals surface area contributed by atoms with Crippen molar-refractivity contribution in [3.05, 3.63) is 39.3 Å². The van der Waals surface area contributed by atoms with Crippen LogP contribution in [-0.4, -0.2) is 46.7 Å². The number of ether oxygens (including phenoxy) is 1. The number of rotatable bonds is 3. The summed E-state index contributed by atoms with van der Waals surface area (Å²) >= 11 is 3.31. The van der Waals surface area contributed by atoms with Crippen LogP contribution in [0.2, 0.25) is 0 Å². The van der Waals surface area contributed by atoms with Crippen molar-refractivity contribution in [2.75, 3.05) is 31.2 Å². The molecule has 1 aromatic carbocycles. The normalized spacial score (nSPS) is 20.9. The number of imidazole rings is 1. The molecule has 0 saturated carbocycles. The van der Waals surface area contributed by atoms with E-state index in [4.69, 9.17) is 9.72 Å². The lowest BCUT2D eigenvalue weighted by Crippen LogP contribution is -2.38. The maximum Gasteiger partial charge on any atom is 0.265 e. The Balaban J connectivity index is 1.63. The quantitative estimate of drug-likeness (QED) is 0.628. The molecule has 6 nitrogen and oxygen atoms in total. The summed E-state index contributed by atoms with van der Waals surface area (Å²) < 4.78 is 35.5. The first kappa shape index (κ1) is 20.9. The predicted octanol–water partition coefficient (Wildman–Crippen LogP) is 4.53. The molecule has 1 unspecified atom stereocenters. The van der Waals surface area contributed by atoms with Gasteiger partial charge in [0.1, 0.15) is 5.82 Å². The van der Waals surface area contributed by atoms with Gasteiger partial charge < -0.3 is 19.1 Å². The molecular weight excluding hydrogens is 470 g/mol. The number of hydrogen-bond acceptors (Lipinski definition) is 4. The average Bonchev–Trinajstić information content (AvgIpc) is 3.40. The molecule has 1 atom stereocenters. The summed E-state index contributed by atoms with van der Waals surface area (Å²) in [7, 11) is 0. The lowest BCUT2D eigenvalue weighted by Gasteiger charge is -2.34. The molecule has 2 aromatic rings. The lowest BCUT2D eigenvalue weighted by atomic mass is 9.99. The van der Waals surface area contributed by atoms with Gasteiger partial charge in [-0.1, -0.05) is 15.9 Å². The Morgan fingerprint density at radius 3 is 2.84 bits per heavy atom. The summed E-state index contributed by atoms with van der Waals surface area (Å²) in [6.45, 7) is 5.48.